The third kappa shape index (κ3) is 7.95. The van der Waals surface area contributed by atoms with Crippen LogP contribution in [0.3, 0.4) is 0 Å². The standard InChI is InChI=1S/C33H33N3O2.2ClH/c34-21-27-13-14-32(38-24-26-9-5-2-6-10-26)31(20-27)29-15-17-36(18-16-29)33(37)30-19-28(22-35-23-30)12-11-25-7-3-1-4-8-25;;/h1-10,13-15,19-20,22-23H,11-12,16-18,21,24,34H2;2*1H. The van der Waals surface area contributed by atoms with Gasteiger partial charge < -0.3 is 15.4 Å². The van der Waals surface area contributed by atoms with Gasteiger partial charge in [0, 0.05) is 37.6 Å². The topological polar surface area (TPSA) is 68.5 Å². The van der Waals surface area contributed by atoms with Crippen molar-refractivity contribution >= 4 is 36.3 Å². The molecule has 7 heteroatoms. The summed E-state index contributed by atoms with van der Waals surface area (Å²) in [6, 6.07) is 28.6. The predicted octanol–water partition coefficient (Wildman–Crippen LogP) is 6.68. The smallest absolute Gasteiger partial charge is 0.255 e. The van der Waals surface area contributed by atoms with Crippen molar-refractivity contribution in [3.05, 3.63) is 137 Å². The number of carbonyl (C=O) groups excluding carboxylic acids is 1. The Morgan fingerprint density at radius 3 is 2.20 bits per heavy atom. The molecule has 0 atom stereocenters. The van der Waals surface area contributed by atoms with E-state index in [2.05, 4.69) is 53.5 Å². The first-order chi connectivity index (χ1) is 18.7. The van der Waals surface area contributed by atoms with E-state index < -0.39 is 0 Å². The average molecular weight is 577 g/mol. The van der Waals surface area contributed by atoms with Gasteiger partial charge >= 0.3 is 0 Å². The lowest BCUT2D eigenvalue weighted by Crippen LogP contribution is -2.34. The van der Waals surface area contributed by atoms with Gasteiger partial charge in [-0.05, 0) is 65.3 Å². The van der Waals surface area contributed by atoms with Crippen LogP contribution in [-0.4, -0.2) is 28.9 Å². The number of aromatic nitrogens is 1. The van der Waals surface area contributed by atoms with Gasteiger partial charge in [0.15, 0.2) is 0 Å². The predicted molar refractivity (Wildman–Crippen MR) is 166 cm³/mol. The molecule has 208 valence electrons. The minimum absolute atomic E-state index is 0. The Labute approximate surface area is 248 Å². The molecule has 0 spiro atoms. The number of hydrogen-bond acceptors (Lipinski definition) is 4. The zero-order chi connectivity index (χ0) is 26.2. The Kier molecular flexibility index (Phi) is 11.8. The monoisotopic (exact) mass is 575 g/mol. The van der Waals surface area contributed by atoms with Crippen LogP contribution < -0.4 is 10.5 Å². The SMILES string of the molecule is Cl.Cl.NCc1ccc(OCc2ccccc2)c(C2=CCN(C(=O)c3cncc(CCc4ccccc4)c3)CC2)c1. The molecule has 40 heavy (non-hydrogen) atoms. The van der Waals surface area contributed by atoms with Crippen molar-refractivity contribution in [3.63, 3.8) is 0 Å². The molecule has 0 radical (unpaired) electrons. The summed E-state index contributed by atoms with van der Waals surface area (Å²) < 4.78 is 6.22. The van der Waals surface area contributed by atoms with Crippen LogP contribution in [0.25, 0.3) is 5.57 Å². The molecule has 3 aromatic carbocycles. The van der Waals surface area contributed by atoms with Crippen molar-refractivity contribution in [2.75, 3.05) is 13.1 Å². The number of hydrogen-bond donors (Lipinski definition) is 1. The number of pyridine rings is 1. The Morgan fingerprint density at radius 1 is 0.825 bits per heavy atom. The molecule has 1 aliphatic rings. The molecule has 0 fully saturated rings. The van der Waals surface area contributed by atoms with Crippen molar-refractivity contribution in [3.8, 4) is 5.75 Å². The maximum Gasteiger partial charge on any atom is 0.255 e. The average Bonchev–Trinajstić information content (AvgIpc) is 3.00. The summed E-state index contributed by atoms with van der Waals surface area (Å²) in [6.07, 6.45) is 8.20. The first-order valence-corrected chi connectivity index (χ1v) is 13.2. The molecule has 1 amide bonds. The van der Waals surface area contributed by atoms with Crippen LogP contribution in [0.15, 0.2) is 103 Å². The lowest BCUT2D eigenvalue weighted by Gasteiger charge is -2.27. The Hall–Kier alpha value is -3.64. The third-order valence-electron chi connectivity index (χ3n) is 6.95. The molecule has 4 aromatic rings. The second kappa shape index (κ2) is 15.2. The lowest BCUT2D eigenvalue weighted by molar-refractivity contribution is 0.0772. The number of nitrogens with two attached hydrogens (primary N) is 1. The van der Waals surface area contributed by atoms with Crippen LogP contribution >= 0.6 is 24.8 Å². The molecule has 0 unspecified atom stereocenters. The minimum Gasteiger partial charge on any atom is -0.488 e. The van der Waals surface area contributed by atoms with E-state index in [1.54, 1.807) is 6.20 Å². The van der Waals surface area contributed by atoms with Crippen LogP contribution in [0, 0.1) is 0 Å². The highest BCUT2D eigenvalue weighted by Crippen LogP contribution is 2.32. The highest BCUT2D eigenvalue weighted by Gasteiger charge is 2.21. The molecule has 5 nitrogen and oxygen atoms in total. The number of rotatable bonds is 9. The quantitative estimate of drug-likeness (QED) is 0.242. The molecule has 0 saturated carbocycles. The van der Waals surface area contributed by atoms with Crippen LogP contribution in [0.2, 0.25) is 0 Å². The molecule has 0 saturated heterocycles. The maximum atomic E-state index is 13.3. The highest BCUT2D eigenvalue weighted by molar-refractivity contribution is 5.94. The molecule has 2 heterocycles. The fourth-order valence-electron chi connectivity index (χ4n) is 4.77. The van der Waals surface area contributed by atoms with E-state index in [4.69, 9.17) is 10.5 Å². The van der Waals surface area contributed by atoms with Gasteiger partial charge in [0.1, 0.15) is 12.4 Å². The van der Waals surface area contributed by atoms with E-state index in [9.17, 15) is 4.79 Å². The van der Waals surface area contributed by atoms with Gasteiger partial charge in [-0.25, -0.2) is 0 Å². The number of ether oxygens (including phenoxy) is 1. The van der Waals surface area contributed by atoms with Crippen molar-refractivity contribution in [2.45, 2.75) is 32.4 Å². The summed E-state index contributed by atoms with van der Waals surface area (Å²) in [7, 11) is 0. The van der Waals surface area contributed by atoms with Crippen LogP contribution in [0.1, 0.15) is 44.6 Å². The van der Waals surface area contributed by atoms with Crippen molar-refractivity contribution in [2.24, 2.45) is 5.73 Å². The summed E-state index contributed by atoms with van der Waals surface area (Å²) in [5.74, 6) is 0.859. The van der Waals surface area contributed by atoms with Crippen molar-refractivity contribution in [1.29, 1.82) is 0 Å². The molecule has 0 aliphatic carbocycles. The van der Waals surface area contributed by atoms with Gasteiger partial charge in [0.2, 0.25) is 0 Å². The number of halogens is 2. The summed E-state index contributed by atoms with van der Waals surface area (Å²) >= 11 is 0. The van der Waals surface area contributed by atoms with E-state index in [0.29, 0.717) is 31.8 Å². The van der Waals surface area contributed by atoms with E-state index in [1.807, 2.05) is 53.6 Å². The number of nitrogens with zero attached hydrogens (tertiary/aromatic N) is 2. The Balaban J connectivity index is 0.00000220. The molecule has 1 aromatic heterocycles. The molecule has 2 N–H and O–H groups in total. The number of benzene rings is 3. The van der Waals surface area contributed by atoms with Crippen LogP contribution in [0.5, 0.6) is 5.75 Å². The summed E-state index contributed by atoms with van der Waals surface area (Å²) in [6.45, 7) is 2.16. The van der Waals surface area contributed by atoms with Gasteiger partial charge in [-0.15, -0.1) is 24.8 Å². The van der Waals surface area contributed by atoms with Gasteiger partial charge in [0.05, 0.1) is 5.56 Å². The zero-order valence-electron chi connectivity index (χ0n) is 22.4. The third-order valence-corrected chi connectivity index (χ3v) is 6.95. The van der Waals surface area contributed by atoms with E-state index >= 15 is 0 Å². The molecule has 0 bridgehead atoms. The maximum absolute atomic E-state index is 13.3. The van der Waals surface area contributed by atoms with E-state index in [1.165, 1.54) is 11.1 Å². The lowest BCUT2D eigenvalue weighted by atomic mass is 9.96. The zero-order valence-corrected chi connectivity index (χ0v) is 24.0. The normalized spacial score (nSPS) is 12.5. The van der Waals surface area contributed by atoms with Crippen molar-refractivity contribution < 1.29 is 9.53 Å². The summed E-state index contributed by atoms with van der Waals surface area (Å²) in [4.78, 5) is 19.6. The summed E-state index contributed by atoms with van der Waals surface area (Å²) in [5.41, 5.74) is 13.4. The van der Waals surface area contributed by atoms with Gasteiger partial charge in [0.25, 0.3) is 5.91 Å². The van der Waals surface area contributed by atoms with Gasteiger partial charge in [-0.2, -0.15) is 0 Å². The van der Waals surface area contributed by atoms with Gasteiger partial charge in [-0.3, -0.25) is 9.78 Å². The van der Waals surface area contributed by atoms with E-state index in [0.717, 1.165) is 47.3 Å². The minimum atomic E-state index is 0. The first kappa shape index (κ1) is 30.9. The van der Waals surface area contributed by atoms with Crippen LogP contribution in [0.4, 0.5) is 0 Å². The fourth-order valence-corrected chi connectivity index (χ4v) is 4.77. The molecule has 5 rings (SSSR count). The largest absolute Gasteiger partial charge is 0.488 e. The molecular formula is C33H35Cl2N3O2. The Morgan fingerprint density at radius 2 is 1.52 bits per heavy atom. The van der Waals surface area contributed by atoms with Crippen LogP contribution in [-0.2, 0) is 26.0 Å². The molecule has 1 aliphatic heterocycles. The Bertz CT molecular complexity index is 1410. The van der Waals surface area contributed by atoms with Gasteiger partial charge in [-0.1, -0.05) is 72.8 Å². The highest BCUT2D eigenvalue weighted by atomic mass is 35.5. The summed E-state index contributed by atoms with van der Waals surface area (Å²) in [5, 5.41) is 0. The number of amides is 1. The number of carbonyl (C=O) groups is 1. The second-order valence-corrected chi connectivity index (χ2v) is 9.61. The molecular weight excluding hydrogens is 541 g/mol. The number of aryl methyl sites for hydroxylation is 2. The fraction of sp³-hybridized carbons (Fsp3) is 0.212. The second-order valence-electron chi connectivity index (χ2n) is 9.61. The van der Waals surface area contributed by atoms with Crippen molar-refractivity contribution in [1.82, 2.24) is 9.88 Å². The van der Waals surface area contributed by atoms with E-state index in [-0.39, 0.29) is 30.7 Å². The first-order valence-electron chi connectivity index (χ1n) is 13.2.